The zero-order valence-corrected chi connectivity index (χ0v) is 26.0. The molecule has 46 heavy (non-hydrogen) atoms. The number of hydrogen-bond donors (Lipinski definition) is 3. The molecule has 0 spiro atoms. The van der Waals surface area contributed by atoms with Crippen LogP contribution >= 0.6 is 23.2 Å². The SMILES string of the molecule is CC(C)C(NC(=O)C(NC(=O)CC(c1ccccc1)c1cccc(Cl)c1)c1ccc(Cl)cc1)C(=O)C(F)(F)C(=O)NCC(F)(F)F. The molecular formula is C32H30Cl2F5N3O4. The molecule has 0 bridgehead atoms. The second-order valence-electron chi connectivity index (χ2n) is 10.7. The van der Waals surface area contributed by atoms with Crippen LogP contribution in [0.15, 0.2) is 78.9 Å². The highest BCUT2D eigenvalue weighted by molar-refractivity contribution is 6.30. The van der Waals surface area contributed by atoms with Crippen LogP contribution in [-0.2, 0) is 19.2 Å². The van der Waals surface area contributed by atoms with Crippen molar-refractivity contribution in [3.63, 3.8) is 0 Å². The maximum absolute atomic E-state index is 14.7. The van der Waals surface area contributed by atoms with E-state index in [1.54, 1.807) is 42.5 Å². The van der Waals surface area contributed by atoms with Gasteiger partial charge in [0.15, 0.2) is 0 Å². The molecule has 7 nitrogen and oxygen atoms in total. The first kappa shape index (κ1) is 36.4. The monoisotopic (exact) mass is 685 g/mol. The topological polar surface area (TPSA) is 104 Å². The van der Waals surface area contributed by atoms with Crippen LogP contribution in [0.2, 0.25) is 10.0 Å². The van der Waals surface area contributed by atoms with E-state index in [1.165, 1.54) is 38.1 Å². The Kier molecular flexibility index (Phi) is 12.3. The molecule has 0 radical (unpaired) electrons. The number of halogens is 7. The number of Topliss-reactive ketones (excluding diaryl/α,β-unsaturated/α-hetero) is 1. The molecule has 0 heterocycles. The fourth-order valence-corrected chi connectivity index (χ4v) is 4.89. The summed E-state index contributed by atoms with van der Waals surface area (Å²) in [7, 11) is 0. The minimum atomic E-state index is -5.00. The summed E-state index contributed by atoms with van der Waals surface area (Å²) in [6, 6.07) is 18.0. The minimum Gasteiger partial charge on any atom is -0.344 e. The van der Waals surface area contributed by atoms with E-state index in [2.05, 4.69) is 10.6 Å². The highest BCUT2D eigenvalue weighted by Gasteiger charge is 2.52. The number of alkyl halides is 5. The predicted octanol–water partition coefficient (Wildman–Crippen LogP) is 6.40. The molecule has 0 saturated heterocycles. The molecule has 3 amide bonds. The molecule has 3 unspecified atom stereocenters. The average Bonchev–Trinajstić information content (AvgIpc) is 3.00. The molecule has 0 aliphatic heterocycles. The smallest absolute Gasteiger partial charge is 0.344 e. The van der Waals surface area contributed by atoms with Crippen molar-refractivity contribution in [2.45, 2.75) is 50.4 Å². The van der Waals surface area contributed by atoms with Crippen molar-refractivity contribution in [3.05, 3.63) is 106 Å². The van der Waals surface area contributed by atoms with Crippen molar-refractivity contribution in [3.8, 4) is 0 Å². The molecule has 3 rings (SSSR count). The number of carbonyl (C=O) groups is 4. The van der Waals surface area contributed by atoms with Crippen LogP contribution in [0, 0.1) is 5.92 Å². The predicted molar refractivity (Wildman–Crippen MR) is 162 cm³/mol. The molecule has 3 aromatic rings. The summed E-state index contributed by atoms with van der Waals surface area (Å²) in [6.07, 6.45) is -5.18. The van der Waals surface area contributed by atoms with Crippen LogP contribution < -0.4 is 16.0 Å². The third kappa shape index (κ3) is 9.98. The zero-order valence-electron chi connectivity index (χ0n) is 24.5. The molecule has 0 saturated carbocycles. The number of amides is 3. The number of nitrogens with one attached hydrogen (secondary N) is 3. The molecule has 0 aromatic heterocycles. The Balaban J connectivity index is 1.89. The van der Waals surface area contributed by atoms with E-state index in [9.17, 15) is 41.1 Å². The molecule has 0 fully saturated rings. The van der Waals surface area contributed by atoms with E-state index in [0.717, 1.165) is 10.9 Å². The minimum absolute atomic E-state index is 0.175. The van der Waals surface area contributed by atoms with Gasteiger partial charge in [-0.15, -0.1) is 0 Å². The summed E-state index contributed by atoms with van der Waals surface area (Å²) in [4.78, 5) is 51.8. The normalized spacial score (nSPS) is 13.8. The maximum Gasteiger partial charge on any atom is 0.405 e. The molecule has 3 N–H and O–H groups in total. The summed E-state index contributed by atoms with van der Waals surface area (Å²) >= 11 is 12.2. The Morgan fingerprint density at radius 1 is 0.739 bits per heavy atom. The fourth-order valence-electron chi connectivity index (χ4n) is 4.57. The van der Waals surface area contributed by atoms with Crippen molar-refractivity contribution < 1.29 is 41.1 Å². The summed E-state index contributed by atoms with van der Waals surface area (Å²) in [6.45, 7) is 0.493. The van der Waals surface area contributed by atoms with Crippen molar-refractivity contribution in [1.29, 1.82) is 0 Å². The van der Waals surface area contributed by atoms with E-state index in [-0.39, 0.29) is 12.0 Å². The van der Waals surface area contributed by atoms with Crippen molar-refractivity contribution >= 4 is 46.7 Å². The fraction of sp³-hybridized carbons (Fsp3) is 0.312. The van der Waals surface area contributed by atoms with Gasteiger partial charge in [-0.3, -0.25) is 19.2 Å². The number of benzene rings is 3. The van der Waals surface area contributed by atoms with E-state index in [0.29, 0.717) is 15.6 Å². The molecular weight excluding hydrogens is 656 g/mol. The van der Waals surface area contributed by atoms with Gasteiger partial charge in [0, 0.05) is 22.4 Å². The number of rotatable bonds is 13. The lowest BCUT2D eigenvalue weighted by molar-refractivity contribution is -0.165. The highest BCUT2D eigenvalue weighted by Crippen LogP contribution is 2.30. The Hall–Kier alpha value is -4.03. The molecule has 3 aromatic carbocycles. The van der Waals surface area contributed by atoms with Gasteiger partial charge in [-0.2, -0.15) is 22.0 Å². The number of hydrogen-bond acceptors (Lipinski definition) is 4. The van der Waals surface area contributed by atoms with Gasteiger partial charge >= 0.3 is 12.1 Å². The average molecular weight is 687 g/mol. The molecule has 0 aliphatic rings. The first-order chi connectivity index (χ1) is 21.5. The van der Waals surface area contributed by atoms with Crippen LogP contribution in [-0.4, -0.2) is 48.2 Å². The van der Waals surface area contributed by atoms with Crippen molar-refractivity contribution in [1.82, 2.24) is 16.0 Å². The van der Waals surface area contributed by atoms with Crippen LogP contribution in [0.3, 0.4) is 0 Å². The van der Waals surface area contributed by atoms with E-state index in [1.807, 2.05) is 12.1 Å². The van der Waals surface area contributed by atoms with Crippen LogP contribution in [0.1, 0.15) is 48.9 Å². The maximum atomic E-state index is 14.7. The van der Waals surface area contributed by atoms with Crippen LogP contribution in [0.25, 0.3) is 0 Å². The van der Waals surface area contributed by atoms with Gasteiger partial charge < -0.3 is 16.0 Å². The second-order valence-corrected chi connectivity index (χ2v) is 11.6. The van der Waals surface area contributed by atoms with Crippen molar-refractivity contribution in [2.24, 2.45) is 5.92 Å². The number of carbonyl (C=O) groups excluding carboxylic acids is 4. The van der Waals surface area contributed by atoms with Crippen LogP contribution in [0.4, 0.5) is 22.0 Å². The van der Waals surface area contributed by atoms with Crippen molar-refractivity contribution in [2.75, 3.05) is 6.54 Å². The Morgan fingerprint density at radius 3 is 1.91 bits per heavy atom. The Morgan fingerprint density at radius 2 is 1.35 bits per heavy atom. The summed E-state index contributed by atoms with van der Waals surface area (Å²) in [5, 5.41) is 6.47. The lowest BCUT2D eigenvalue weighted by atomic mass is 9.88. The standard InChI is InChI=1S/C32H30Cl2F5N3O4/c1-18(2)26(28(44)32(38,39)30(46)40-17-31(35,36)37)42-29(45)27(20-11-13-22(33)14-12-20)41-25(43)16-24(19-7-4-3-5-8-19)21-9-6-10-23(34)15-21/h3-15,18,24,26-27H,16-17H2,1-2H3,(H,40,46)(H,41,43)(H,42,45). The zero-order chi connectivity index (χ0) is 34.2. The highest BCUT2D eigenvalue weighted by atomic mass is 35.5. The first-order valence-corrected chi connectivity index (χ1v) is 14.7. The van der Waals surface area contributed by atoms with Crippen LogP contribution in [0.5, 0.6) is 0 Å². The van der Waals surface area contributed by atoms with Gasteiger partial charge in [0.2, 0.25) is 17.6 Å². The van der Waals surface area contributed by atoms with E-state index < -0.39 is 66.1 Å². The molecule has 3 atom stereocenters. The molecule has 246 valence electrons. The Bertz CT molecular complexity index is 1540. The van der Waals surface area contributed by atoms with E-state index in [4.69, 9.17) is 23.2 Å². The van der Waals surface area contributed by atoms with E-state index >= 15 is 0 Å². The quantitative estimate of drug-likeness (QED) is 0.143. The third-order valence-electron chi connectivity index (χ3n) is 6.90. The number of ketones is 1. The molecule has 0 aliphatic carbocycles. The van der Waals surface area contributed by atoms with Gasteiger partial charge in [0.25, 0.3) is 5.91 Å². The lowest BCUT2D eigenvalue weighted by Gasteiger charge is -2.28. The van der Waals surface area contributed by atoms with Gasteiger partial charge in [0.05, 0.1) is 6.04 Å². The third-order valence-corrected chi connectivity index (χ3v) is 7.39. The van der Waals surface area contributed by atoms with Gasteiger partial charge in [-0.1, -0.05) is 91.6 Å². The van der Waals surface area contributed by atoms with Gasteiger partial charge in [-0.05, 0) is 46.9 Å². The largest absolute Gasteiger partial charge is 0.405 e. The molecule has 14 heteroatoms. The second kappa shape index (κ2) is 15.5. The Labute approximate surface area is 271 Å². The summed E-state index contributed by atoms with van der Waals surface area (Å²) in [5.41, 5.74) is 1.65. The van der Waals surface area contributed by atoms with Gasteiger partial charge in [0.1, 0.15) is 12.6 Å². The van der Waals surface area contributed by atoms with Gasteiger partial charge in [-0.25, -0.2) is 0 Å². The summed E-state index contributed by atoms with van der Waals surface area (Å²) in [5.74, 6) is -12.8. The lowest BCUT2D eigenvalue weighted by Crippen LogP contribution is -2.58. The summed E-state index contributed by atoms with van der Waals surface area (Å²) < 4.78 is 66.9. The first-order valence-electron chi connectivity index (χ1n) is 13.9.